The van der Waals surface area contributed by atoms with Crippen LogP contribution in [0.25, 0.3) is 0 Å². The Labute approximate surface area is 153 Å². The lowest BCUT2D eigenvalue weighted by molar-refractivity contribution is 0.0135. The maximum Gasteiger partial charge on any atom is 0.255 e. The van der Waals surface area contributed by atoms with Gasteiger partial charge in [0, 0.05) is 50.2 Å². The summed E-state index contributed by atoms with van der Waals surface area (Å²) in [7, 11) is 0. The van der Waals surface area contributed by atoms with Crippen LogP contribution in [0.5, 0.6) is 0 Å². The Morgan fingerprint density at radius 3 is 2.88 bits per heavy atom. The van der Waals surface area contributed by atoms with Crippen molar-refractivity contribution in [3.63, 3.8) is 0 Å². The minimum atomic E-state index is -0.0514. The monoisotopic (exact) mass is 352 g/mol. The Balaban J connectivity index is 1.53. The Bertz CT molecular complexity index is 740. The van der Waals surface area contributed by atoms with Gasteiger partial charge in [0.1, 0.15) is 5.82 Å². The van der Waals surface area contributed by atoms with E-state index in [1.165, 1.54) is 0 Å². The third-order valence-corrected chi connectivity index (χ3v) is 5.27. The molecular formula is C20H24N4O2. The summed E-state index contributed by atoms with van der Waals surface area (Å²) in [5.41, 5.74) is 0.602. The number of amides is 1. The van der Waals surface area contributed by atoms with Crippen molar-refractivity contribution in [3.8, 4) is 0 Å². The molecule has 2 aliphatic rings. The van der Waals surface area contributed by atoms with Gasteiger partial charge in [-0.3, -0.25) is 9.78 Å². The van der Waals surface area contributed by atoms with Gasteiger partial charge >= 0.3 is 0 Å². The highest BCUT2D eigenvalue weighted by molar-refractivity contribution is 5.94. The molecule has 2 aromatic heterocycles. The maximum atomic E-state index is 12.9. The fraction of sp³-hybridized carbons (Fsp3) is 0.450. The Morgan fingerprint density at radius 2 is 2.08 bits per heavy atom. The molecule has 0 unspecified atom stereocenters. The van der Waals surface area contributed by atoms with Crippen LogP contribution in [0, 0.1) is 5.41 Å². The van der Waals surface area contributed by atoms with Gasteiger partial charge in [-0.25, -0.2) is 4.98 Å². The van der Waals surface area contributed by atoms with Gasteiger partial charge in [-0.2, -0.15) is 0 Å². The van der Waals surface area contributed by atoms with Crippen LogP contribution in [0.1, 0.15) is 23.2 Å². The van der Waals surface area contributed by atoms with Crippen molar-refractivity contribution >= 4 is 11.7 Å². The molecule has 2 saturated heterocycles. The summed E-state index contributed by atoms with van der Waals surface area (Å²) in [6.45, 7) is 4.57. The molecule has 2 aromatic rings. The van der Waals surface area contributed by atoms with Crippen molar-refractivity contribution < 1.29 is 9.53 Å². The normalized spacial score (nSPS) is 23.7. The van der Waals surface area contributed by atoms with E-state index in [1.54, 1.807) is 12.4 Å². The van der Waals surface area contributed by atoms with E-state index in [4.69, 9.17) is 4.74 Å². The Kier molecular flexibility index (Phi) is 4.84. The molecule has 0 aliphatic carbocycles. The van der Waals surface area contributed by atoms with Gasteiger partial charge in [-0.05, 0) is 37.1 Å². The van der Waals surface area contributed by atoms with Gasteiger partial charge in [0.05, 0.1) is 18.8 Å². The molecule has 1 spiro atoms. The van der Waals surface area contributed by atoms with Crippen molar-refractivity contribution in [1.82, 2.24) is 14.9 Å². The van der Waals surface area contributed by atoms with E-state index in [0.29, 0.717) is 25.3 Å². The van der Waals surface area contributed by atoms with Crippen LogP contribution in [0.2, 0.25) is 0 Å². The predicted molar refractivity (Wildman–Crippen MR) is 99.1 cm³/mol. The lowest BCUT2D eigenvalue weighted by Gasteiger charge is -2.43. The first-order chi connectivity index (χ1) is 12.8. The molecule has 0 radical (unpaired) electrons. The zero-order valence-electron chi connectivity index (χ0n) is 14.9. The second-order valence-corrected chi connectivity index (χ2v) is 7.23. The number of ether oxygens (including phenoxy) is 1. The molecule has 6 nitrogen and oxygen atoms in total. The molecule has 0 aromatic carbocycles. The van der Waals surface area contributed by atoms with Crippen LogP contribution in [0.4, 0.5) is 5.82 Å². The smallest absolute Gasteiger partial charge is 0.255 e. The van der Waals surface area contributed by atoms with Gasteiger partial charge in [-0.1, -0.05) is 6.07 Å². The fourth-order valence-corrected chi connectivity index (χ4v) is 4.03. The largest absolute Gasteiger partial charge is 0.379 e. The number of anilines is 1. The minimum absolute atomic E-state index is 0.0514. The second-order valence-electron chi connectivity index (χ2n) is 7.23. The van der Waals surface area contributed by atoms with Crippen LogP contribution < -0.4 is 4.90 Å². The maximum absolute atomic E-state index is 12.9. The summed E-state index contributed by atoms with van der Waals surface area (Å²) in [5, 5.41) is 0. The SMILES string of the molecule is O=C(c1cccnc1)N1CCC[C@@]2(COCCN(c3ccccn3)C2)C1. The van der Waals surface area contributed by atoms with Crippen LogP contribution >= 0.6 is 0 Å². The molecule has 0 N–H and O–H groups in total. The van der Waals surface area contributed by atoms with Crippen LogP contribution in [-0.2, 0) is 4.74 Å². The highest BCUT2D eigenvalue weighted by Crippen LogP contribution is 2.34. The first-order valence-corrected chi connectivity index (χ1v) is 9.19. The lowest BCUT2D eigenvalue weighted by Crippen LogP contribution is -2.52. The van der Waals surface area contributed by atoms with Crippen molar-refractivity contribution in [2.24, 2.45) is 5.41 Å². The second kappa shape index (κ2) is 7.41. The van der Waals surface area contributed by atoms with Crippen molar-refractivity contribution in [2.45, 2.75) is 12.8 Å². The number of likely N-dealkylation sites (tertiary alicyclic amines) is 1. The zero-order chi connectivity index (χ0) is 17.8. The topological polar surface area (TPSA) is 58.6 Å². The van der Waals surface area contributed by atoms with E-state index in [0.717, 1.165) is 38.3 Å². The number of rotatable bonds is 2. The number of nitrogens with zero attached hydrogens (tertiary/aromatic N) is 4. The highest BCUT2D eigenvalue weighted by atomic mass is 16.5. The van der Waals surface area contributed by atoms with Gasteiger partial charge in [0.15, 0.2) is 0 Å². The van der Waals surface area contributed by atoms with Crippen molar-refractivity contribution in [2.75, 3.05) is 44.3 Å². The summed E-state index contributed by atoms with van der Waals surface area (Å²) in [4.78, 5) is 25.7. The van der Waals surface area contributed by atoms with Gasteiger partial charge < -0.3 is 14.5 Å². The molecule has 0 saturated carbocycles. The summed E-state index contributed by atoms with van der Waals surface area (Å²) >= 11 is 0. The number of piperidine rings is 1. The van der Waals surface area contributed by atoms with Crippen LogP contribution in [0.15, 0.2) is 48.9 Å². The van der Waals surface area contributed by atoms with E-state index >= 15 is 0 Å². The van der Waals surface area contributed by atoms with Crippen molar-refractivity contribution in [1.29, 1.82) is 0 Å². The van der Waals surface area contributed by atoms with E-state index in [9.17, 15) is 4.79 Å². The molecule has 2 aliphatic heterocycles. The standard InChI is InChI=1S/C20H24N4O2/c25-19(17-5-3-8-21-13-17)24-10-4-7-20(15-24)14-23(11-12-26-16-20)18-6-1-2-9-22-18/h1-3,5-6,8-9,13H,4,7,10-12,14-16H2/t20-/m0/s1. The molecule has 1 atom stereocenters. The van der Waals surface area contributed by atoms with Crippen LogP contribution in [-0.4, -0.2) is 60.2 Å². The van der Waals surface area contributed by atoms with E-state index in [1.807, 2.05) is 41.4 Å². The van der Waals surface area contributed by atoms with Gasteiger partial charge in [-0.15, -0.1) is 0 Å². The zero-order valence-corrected chi connectivity index (χ0v) is 14.9. The highest BCUT2D eigenvalue weighted by Gasteiger charge is 2.40. The molecule has 136 valence electrons. The average molecular weight is 352 g/mol. The number of hydrogen-bond donors (Lipinski definition) is 0. The Morgan fingerprint density at radius 1 is 1.12 bits per heavy atom. The third kappa shape index (κ3) is 3.55. The number of aromatic nitrogens is 2. The average Bonchev–Trinajstić information content (AvgIpc) is 2.91. The fourth-order valence-electron chi connectivity index (χ4n) is 4.03. The molecule has 0 bridgehead atoms. The molecule has 4 heterocycles. The summed E-state index contributed by atoms with van der Waals surface area (Å²) in [6.07, 6.45) is 7.22. The molecule has 26 heavy (non-hydrogen) atoms. The first kappa shape index (κ1) is 17.0. The number of hydrogen-bond acceptors (Lipinski definition) is 5. The summed E-state index contributed by atoms with van der Waals surface area (Å²) in [5.74, 6) is 1.04. The third-order valence-electron chi connectivity index (χ3n) is 5.27. The van der Waals surface area contributed by atoms with E-state index in [2.05, 4.69) is 14.9 Å². The number of carbonyl (C=O) groups is 1. The minimum Gasteiger partial charge on any atom is -0.379 e. The summed E-state index contributed by atoms with van der Waals surface area (Å²) in [6, 6.07) is 9.63. The predicted octanol–water partition coefficient (Wildman–Crippen LogP) is 2.24. The van der Waals surface area contributed by atoms with Crippen molar-refractivity contribution in [3.05, 3.63) is 54.5 Å². The molecule has 6 heteroatoms. The van der Waals surface area contributed by atoms with Crippen LogP contribution in [0.3, 0.4) is 0 Å². The van der Waals surface area contributed by atoms with Gasteiger partial charge in [0.25, 0.3) is 5.91 Å². The van der Waals surface area contributed by atoms with Gasteiger partial charge in [0.2, 0.25) is 0 Å². The number of carbonyl (C=O) groups excluding carboxylic acids is 1. The van der Waals surface area contributed by atoms with E-state index < -0.39 is 0 Å². The molecule has 2 fully saturated rings. The lowest BCUT2D eigenvalue weighted by atomic mass is 9.80. The number of pyridine rings is 2. The quantitative estimate of drug-likeness (QED) is 0.830. The Hall–Kier alpha value is -2.47. The molecule has 1 amide bonds. The molecular weight excluding hydrogens is 328 g/mol. The first-order valence-electron chi connectivity index (χ1n) is 9.19. The summed E-state index contributed by atoms with van der Waals surface area (Å²) < 4.78 is 5.95. The molecule has 4 rings (SSSR count). The van der Waals surface area contributed by atoms with E-state index in [-0.39, 0.29) is 11.3 Å².